The van der Waals surface area contributed by atoms with E-state index >= 15 is 0 Å². The third kappa shape index (κ3) is 1.92. The van der Waals surface area contributed by atoms with Crippen LogP contribution in [0, 0.1) is 11.3 Å². The summed E-state index contributed by atoms with van der Waals surface area (Å²) in [4.78, 5) is 10.8. The fourth-order valence-electron chi connectivity index (χ4n) is 2.78. The summed E-state index contributed by atoms with van der Waals surface area (Å²) in [6, 6.07) is 0. The second kappa shape index (κ2) is 3.89. The molecule has 0 aromatic rings. The van der Waals surface area contributed by atoms with E-state index in [1.165, 1.54) is 0 Å². The topological polar surface area (TPSA) is 46.5 Å². The molecule has 1 aliphatic heterocycles. The largest absolute Gasteiger partial charge is 0.481 e. The van der Waals surface area contributed by atoms with Gasteiger partial charge in [-0.1, -0.05) is 0 Å². The van der Waals surface area contributed by atoms with Gasteiger partial charge in [-0.25, -0.2) is 0 Å². The Bertz CT molecular complexity index is 209. The smallest absolute Gasteiger partial charge is 0.306 e. The number of carboxylic acids is 1. The Morgan fingerprint density at radius 3 is 2.21 bits per heavy atom. The molecule has 1 aliphatic carbocycles. The first-order valence-electron chi connectivity index (χ1n) is 5.52. The van der Waals surface area contributed by atoms with Gasteiger partial charge in [-0.2, -0.15) is 0 Å². The minimum atomic E-state index is -0.605. The molecule has 80 valence electrons. The summed E-state index contributed by atoms with van der Waals surface area (Å²) in [5.41, 5.74) is 0.435. The van der Waals surface area contributed by atoms with Gasteiger partial charge in [0.1, 0.15) is 0 Å². The lowest BCUT2D eigenvalue weighted by atomic mass is 9.66. The van der Waals surface area contributed by atoms with Crippen molar-refractivity contribution in [3.05, 3.63) is 0 Å². The van der Waals surface area contributed by atoms with Crippen LogP contribution in [0.1, 0.15) is 38.5 Å². The zero-order valence-corrected chi connectivity index (χ0v) is 8.50. The lowest BCUT2D eigenvalue weighted by Gasteiger charge is -2.41. The molecule has 14 heavy (non-hydrogen) atoms. The van der Waals surface area contributed by atoms with Crippen molar-refractivity contribution in [1.29, 1.82) is 0 Å². The zero-order valence-electron chi connectivity index (χ0n) is 8.50. The third-order valence-electron chi connectivity index (χ3n) is 3.95. The maximum Gasteiger partial charge on any atom is 0.306 e. The van der Waals surface area contributed by atoms with Gasteiger partial charge in [0.15, 0.2) is 0 Å². The quantitative estimate of drug-likeness (QED) is 0.701. The molecule has 1 heterocycles. The normalized spacial score (nSPS) is 27.7. The average Bonchev–Trinajstić information content (AvgIpc) is 2.19. The predicted molar refractivity (Wildman–Crippen MR) is 52.1 cm³/mol. The number of ether oxygens (including phenoxy) is 1. The van der Waals surface area contributed by atoms with Gasteiger partial charge in [0.2, 0.25) is 0 Å². The Kier molecular flexibility index (Phi) is 2.77. The minimum Gasteiger partial charge on any atom is -0.481 e. The number of rotatable bonds is 1. The highest BCUT2D eigenvalue weighted by Gasteiger charge is 2.38. The molecular weight excluding hydrogens is 180 g/mol. The molecule has 2 aliphatic rings. The van der Waals surface area contributed by atoms with Crippen molar-refractivity contribution in [3.8, 4) is 0 Å². The van der Waals surface area contributed by atoms with Crippen molar-refractivity contribution in [2.45, 2.75) is 38.5 Å². The van der Waals surface area contributed by atoms with Crippen molar-refractivity contribution in [3.63, 3.8) is 0 Å². The van der Waals surface area contributed by atoms with E-state index in [0.717, 1.165) is 51.7 Å². The Morgan fingerprint density at radius 2 is 1.71 bits per heavy atom. The number of carboxylic acid groups (broad SMARTS) is 1. The van der Waals surface area contributed by atoms with Gasteiger partial charge in [-0.05, 0) is 43.9 Å². The van der Waals surface area contributed by atoms with Crippen LogP contribution in [0.5, 0.6) is 0 Å². The van der Waals surface area contributed by atoms with Crippen molar-refractivity contribution in [1.82, 2.24) is 0 Å². The van der Waals surface area contributed by atoms with Gasteiger partial charge in [-0.15, -0.1) is 0 Å². The van der Waals surface area contributed by atoms with E-state index in [9.17, 15) is 4.79 Å². The first kappa shape index (κ1) is 9.97. The van der Waals surface area contributed by atoms with E-state index in [1.54, 1.807) is 0 Å². The van der Waals surface area contributed by atoms with E-state index in [0.29, 0.717) is 5.41 Å². The summed E-state index contributed by atoms with van der Waals surface area (Å²) in [5.74, 6) is -0.685. The summed E-state index contributed by atoms with van der Waals surface area (Å²) in [5, 5.41) is 8.90. The Morgan fingerprint density at radius 1 is 1.14 bits per heavy atom. The lowest BCUT2D eigenvalue weighted by Crippen LogP contribution is -2.35. The van der Waals surface area contributed by atoms with E-state index in [4.69, 9.17) is 9.84 Å². The van der Waals surface area contributed by atoms with Gasteiger partial charge >= 0.3 is 5.97 Å². The fraction of sp³-hybridized carbons (Fsp3) is 0.909. The molecule has 2 fully saturated rings. The van der Waals surface area contributed by atoms with Crippen LogP contribution >= 0.6 is 0 Å². The molecule has 0 aromatic carbocycles. The maximum absolute atomic E-state index is 10.8. The molecule has 0 unspecified atom stereocenters. The molecule has 3 heteroatoms. The Balaban J connectivity index is 1.90. The monoisotopic (exact) mass is 198 g/mol. The molecule has 0 aromatic heterocycles. The highest BCUT2D eigenvalue weighted by atomic mass is 16.5. The van der Waals surface area contributed by atoms with Crippen molar-refractivity contribution >= 4 is 5.97 Å². The molecule has 1 saturated carbocycles. The van der Waals surface area contributed by atoms with E-state index in [2.05, 4.69) is 0 Å². The van der Waals surface area contributed by atoms with Crippen LogP contribution in [0.25, 0.3) is 0 Å². The van der Waals surface area contributed by atoms with Crippen molar-refractivity contribution in [2.24, 2.45) is 11.3 Å². The Labute approximate surface area is 84.4 Å². The molecule has 0 atom stereocenters. The highest BCUT2D eigenvalue weighted by molar-refractivity contribution is 5.70. The highest BCUT2D eigenvalue weighted by Crippen LogP contribution is 2.45. The van der Waals surface area contributed by atoms with E-state index in [-0.39, 0.29) is 5.92 Å². The third-order valence-corrected chi connectivity index (χ3v) is 3.95. The predicted octanol–water partition coefficient (Wildman–Crippen LogP) is 2.06. The first-order valence-corrected chi connectivity index (χ1v) is 5.52. The van der Waals surface area contributed by atoms with Gasteiger partial charge in [0.05, 0.1) is 5.92 Å². The SMILES string of the molecule is O=C(O)C1CCC2(CCOCC2)CC1. The summed E-state index contributed by atoms with van der Waals surface area (Å²) >= 11 is 0. The average molecular weight is 198 g/mol. The van der Waals surface area contributed by atoms with Crippen molar-refractivity contribution in [2.75, 3.05) is 13.2 Å². The summed E-state index contributed by atoms with van der Waals surface area (Å²) in [7, 11) is 0. The number of carbonyl (C=O) groups is 1. The van der Waals surface area contributed by atoms with E-state index in [1.807, 2.05) is 0 Å². The molecule has 3 nitrogen and oxygen atoms in total. The zero-order chi connectivity index (χ0) is 10.0. The lowest BCUT2D eigenvalue weighted by molar-refractivity contribution is -0.144. The molecule has 0 bridgehead atoms. The van der Waals surface area contributed by atoms with Gasteiger partial charge in [0.25, 0.3) is 0 Å². The van der Waals surface area contributed by atoms with Gasteiger partial charge in [-0.3, -0.25) is 4.79 Å². The summed E-state index contributed by atoms with van der Waals surface area (Å²) in [6.45, 7) is 1.75. The standard InChI is InChI=1S/C11H18O3/c12-10(13)9-1-3-11(4-2-9)5-7-14-8-6-11/h9H,1-8H2,(H,12,13). The molecular formula is C11H18O3. The molecule has 0 radical (unpaired) electrons. The minimum absolute atomic E-state index is 0.0801. The molecule has 2 rings (SSSR count). The van der Waals surface area contributed by atoms with Gasteiger partial charge < -0.3 is 9.84 Å². The van der Waals surface area contributed by atoms with Gasteiger partial charge in [0, 0.05) is 13.2 Å². The molecule has 1 N–H and O–H groups in total. The second-order valence-electron chi connectivity index (χ2n) is 4.72. The van der Waals surface area contributed by atoms with Crippen LogP contribution in [-0.4, -0.2) is 24.3 Å². The maximum atomic E-state index is 10.8. The van der Waals surface area contributed by atoms with Crippen LogP contribution in [0.3, 0.4) is 0 Å². The molecule has 1 spiro atoms. The van der Waals surface area contributed by atoms with Crippen LogP contribution < -0.4 is 0 Å². The second-order valence-corrected chi connectivity index (χ2v) is 4.72. The van der Waals surface area contributed by atoms with Crippen LogP contribution in [0.4, 0.5) is 0 Å². The van der Waals surface area contributed by atoms with Crippen LogP contribution in [0.15, 0.2) is 0 Å². The Hall–Kier alpha value is -0.570. The number of hydrogen-bond acceptors (Lipinski definition) is 2. The number of aliphatic carboxylic acids is 1. The van der Waals surface area contributed by atoms with Crippen molar-refractivity contribution < 1.29 is 14.6 Å². The first-order chi connectivity index (χ1) is 6.72. The van der Waals surface area contributed by atoms with Crippen LogP contribution in [-0.2, 0) is 9.53 Å². The summed E-state index contributed by atoms with van der Waals surface area (Å²) in [6.07, 6.45) is 6.20. The summed E-state index contributed by atoms with van der Waals surface area (Å²) < 4.78 is 5.35. The fourth-order valence-corrected chi connectivity index (χ4v) is 2.78. The van der Waals surface area contributed by atoms with E-state index < -0.39 is 5.97 Å². The molecule has 0 amide bonds. The number of hydrogen-bond donors (Lipinski definition) is 1. The van der Waals surface area contributed by atoms with Crippen LogP contribution in [0.2, 0.25) is 0 Å². The molecule has 1 saturated heterocycles.